The zero-order valence-electron chi connectivity index (χ0n) is 47.9. The molecule has 3 atom stereocenters. The van der Waals surface area contributed by atoms with Gasteiger partial charge in [-0.3, -0.25) is 9.80 Å². The SMILES string of the molecule is C1CCOC1.CS(=O)(=O)c1ccccc1.O=C[C@H]1CCCN1C(c1ccccc1)(c1ccccc1)c1ccccc1.O=S(=O)(C[C@H](O)[C@H]1CCCN1C(c1ccccc1)(c1ccccc1)c1ccccc1)c1ccccc1.[2H]CS.[H-].[K+]. The Morgan fingerprint density at radius 1 is 0.537 bits per heavy atom. The van der Waals surface area contributed by atoms with Gasteiger partial charge in [0, 0.05) is 40.0 Å². The summed E-state index contributed by atoms with van der Waals surface area (Å²) in [6.45, 7) is 3.65. The van der Waals surface area contributed by atoms with E-state index in [2.05, 4.69) is 132 Å². The number of rotatable bonds is 14. The third-order valence-electron chi connectivity index (χ3n) is 14.7. The van der Waals surface area contributed by atoms with E-state index in [-0.39, 0.29) is 81.8 Å². The number of sulfone groups is 2. The summed E-state index contributed by atoms with van der Waals surface area (Å²) in [7, 11) is -6.64. The second-order valence-corrected chi connectivity index (χ2v) is 23.7. The van der Waals surface area contributed by atoms with Crippen molar-refractivity contribution in [2.45, 2.75) is 77.6 Å². The van der Waals surface area contributed by atoms with Gasteiger partial charge in [0.1, 0.15) is 6.29 Å². The van der Waals surface area contributed by atoms with Crippen molar-refractivity contribution < 1.29 is 85.7 Å². The number of hydrogen-bond donors (Lipinski definition) is 2. The van der Waals surface area contributed by atoms with Gasteiger partial charge in [-0.05, 0) is 102 Å². The Bertz CT molecular complexity index is 3070. The number of carbonyl (C=O) groups excluding carboxylic acids is 1. The van der Waals surface area contributed by atoms with Gasteiger partial charge >= 0.3 is 51.4 Å². The number of aliphatic hydroxyl groups excluding tert-OH is 1. The minimum atomic E-state index is -3.64. The molecule has 0 unspecified atom stereocenters. The fraction of sp³-hybridized carbons (Fsp3) is 0.269. The topological polar surface area (TPSA) is 121 Å². The van der Waals surface area contributed by atoms with E-state index < -0.39 is 36.9 Å². The molecule has 3 fully saturated rings. The molecule has 0 aliphatic carbocycles. The maximum absolute atomic E-state index is 13.2. The van der Waals surface area contributed by atoms with Gasteiger partial charge in [0.25, 0.3) is 0 Å². The fourth-order valence-corrected chi connectivity index (χ4v) is 13.4. The molecule has 1 N–H and O–H groups in total. The van der Waals surface area contributed by atoms with E-state index in [1.807, 2.05) is 72.8 Å². The average molecular weight is 1160 g/mol. The first-order chi connectivity index (χ1) is 38.9. The Hall–Kier alpha value is -4.84. The van der Waals surface area contributed by atoms with Crippen molar-refractivity contribution in [2.75, 3.05) is 44.5 Å². The number of aldehydes is 1. The summed E-state index contributed by atoms with van der Waals surface area (Å²) in [6, 6.07) is 79.1. The molecule has 0 amide bonds. The Morgan fingerprint density at radius 2 is 0.838 bits per heavy atom. The van der Waals surface area contributed by atoms with Gasteiger partial charge < -0.3 is 16.1 Å². The van der Waals surface area contributed by atoms with Gasteiger partial charge in [0.15, 0.2) is 19.7 Å². The predicted octanol–water partition coefficient (Wildman–Crippen LogP) is 9.47. The maximum atomic E-state index is 13.2. The third kappa shape index (κ3) is 15.8. The average Bonchev–Trinajstić information content (AvgIpc) is 4.48. The second kappa shape index (κ2) is 32.1. The Labute approximate surface area is 527 Å². The first kappa shape index (κ1) is 62.8. The van der Waals surface area contributed by atoms with Gasteiger partial charge in [0.2, 0.25) is 0 Å². The molecule has 80 heavy (non-hydrogen) atoms. The van der Waals surface area contributed by atoms with Crippen LogP contribution < -0.4 is 51.4 Å². The van der Waals surface area contributed by atoms with Gasteiger partial charge in [-0.2, -0.15) is 12.6 Å². The number of hydrogen-bond acceptors (Lipinski definition) is 10. The van der Waals surface area contributed by atoms with Crippen LogP contribution in [0.1, 0.15) is 74.7 Å². The largest absolute Gasteiger partial charge is 1.00 e. The van der Waals surface area contributed by atoms with Crippen LogP contribution in [0.4, 0.5) is 0 Å². The molecule has 3 aliphatic heterocycles. The van der Waals surface area contributed by atoms with Crippen molar-refractivity contribution in [3.63, 3.8) is 0 Å². The van der Waals surface area contributed by atoms with Gasteiger partial charge in [-0.25, -0.2) is 16.8 Å². The number of nitrogens with zero attached hydrogens (tertiary/aromatic N) is 2. The minimum Gasteiger partial charge on any atom is -1.00 e. The number of aliphatic hydroxyl groups is 1. The van der Waals surface area contributed by atoms with Crippen LogP contribution in [0.15, 0.2) is 252 Å². The Balaban J connectivity index is 0.000000232. The maximum Gasteiger partial charge on any atom is 1.00 e. The summed E-state index contributed by atoms with van der Waals surface area (Å²) in [6.07, 6.45) is 7.59. The van der Waals surface area contributed by atoms with Gasteiger partial charge in [-0.1, -0.05) is 218 Å². The van der Waals surface area contributed by atoms with Crippen LogP contribution in [0.5, 0.6) is 0 Å². The van der Waals surface area contributed by atoms with Crippen LogP contribution in [-0.4, -0.2) is 101 Å². The van der Waals surface area contributed by atoms with E-state index in [9.17, 15) is 26.7 Å². The molecule has 13 heteroatoms. The molecule has 3 saturated heterocycles. The molecule has 0 saturated carbocycles. The monoisotopic (exact) mass is 1160 g/mol. The van der Waals surface area contributed by atoms with Crippen molar-refractivity contribution in [3.8, 4) is 0 Å². The molecular weight excluding hydrogens is 1080 g/mol. The fourth-order valence-electron chi connectivity index (χ4n) is 11.3. The summed E-state index contributed by atoms with van der Waals surface area (Å²) in [4.78, 5) is 17.3. The normalized spacial score (nSPS) is 16.9. The number of likely N-dealkylation sites (tertiary alicyclic amines) is 2. The van der Waals surface area contributed by atoms with Crippen LogP contribution in [0.3, 0.4) is 0 Å². The number of carbonyl (C=O) groups is 1. The van der Waals surface area contributed by atoms with Crippen LogP contribution in [-0.2, 0) is 40.3 Å². The van der Waals surface area contributed by atoms with E-state index in [0.717, 1.165) is 75.0 Å². The summed E-state index contributed by atoms with van der Waals surface area (Å²) in [5, 5.41) is 11.5. The van der Waals surface area contributed by atoms with Gasteiger partial charge in [-0.15, -0.1) is 0 Å². The molecule has 3 aliphatic rings. The number of benzene rings is 8. The first-order valence-corrected chi connectivity index (χ1v) is 31.1. The molecule has 0 spiro atoms. The van der Waals surface area contributed by atoms with E-state index in [1.54, 1.807) is 60.7 Å². The molecule has 8 aromatic rings. The Morgan fingerprint density at radius 3 is 1.14 bits per heavy atom. The predicted molar refractivity (Wildman–Crippen MR) is 324 cm³/mol. The van der Waals surface area contributed by atoms with Crippen LogP contribution in [0.25, 0.3) is 0 Å². The van der Waals surface area contributed by atoms with Crippen molar-refractivity contribution in [3.05, 3.63) is 276 Å². The minimum absolute atomic E-state index is 0. The molecule has 11 rings (SSSR count). The summed E-state index contributed by atoms with van der Waals surface area (Å²) in [5.74, 6) is -0.313. The van der Waals surface area contributed by atoms with Crippen molar-refractivity contribution in [1.29, 1.82) is 0 Å². The Kier molecular flexibility index (Phi) is 25.2. The van der Waals surface area contributed by atoms with Crippen molar-refractivity contribution >= 4 is 38.6 Å². The zero-order valence-corrected chi connectivity index (χ0v) is 51.6. The molecular formula is C67H75KN2O7S3. The zero-order chi connectivity index (χ0) is 56.7. The smallest absolute Gasteiger partial charge is 1.00 e. The standard InChI is InChI=1S/C31H31NO3S.C24H23NO.C7H8O2S.C4H8O.CH4S.K.H/c33-30(24-36(34,35)28-20-11-4-12-21-28)29-22-13-23-32(29)31(25-14-5-1-6-15-25,26-16-7-2-8-17-26)27-18-9-3-10-19-27;26-19-23-17-10-18-25(23)24(20-11-4-1-5-12-20,21-13-6-2-7-14-21)22-15-8-3-9-16-22;1-10(8,9)7-5-3-2-4-6-7;1-2-4-5-3-1;1-2;;/h1-12,14-21,29-30,33H,13,22-24H2;1-9,11-16,19,23H,10,17-18H2;2-6H,1H3;1-4H2;2H,1H3;;/q;;;;;+1;-1/t29-,30+;23-;;;;;/m11...../s1/i;;;;1D;;. The van der Waals surface area contributed by atoms with E-state index in [1.165, 1.54) is 35.8 Å². The summed E-state index contributed by atoms with van der Waals surface area (Å²) < 4.78 is 59.1. The first-order valence-electron chi connectivity index (χ1n) is 27.6. The molecule has 414 valence electrons. The van der Waals surface area contributed by atoms with Crippen molar-refractivity contribution in [2.24, 2.45) is 0 Å². The number of thiol groups is 1. The molecule has 8 aromatic carbocycles. The number of ether oxygens (including phenoxy) is 1. The quantitative estimate of drug-likeness (QED) is 0.0475. The molecule has 9 nitrogen and oxygen atoms in total. The summed E-state index contributed by atoms with van der Waals surface area (Å²) >= 11 is 3.46. The van der Waals surface area contributed by atoms with Crippen molar-refractivity contribution in [1.82, 2.24) is 9.80 Å². The van der Waals surface area contributed by atoms with Crippen LogP contribution in [0, 0.1) is 0 Å². The molecule has 3 heterocycles. The van der Waals surface area contributed by atoms with E-state index >= 15 is 0 Å². The van der Waals surface area contributed by atoms with Gasteiger partial charge in [0.05, 0.1) is 38.8 Å². The molecule has 0 aromatic heterocycles. The summed E-state index contributed by atoms with van der Waals surface area (Å²) in [5.41, 5.74) is 5.73. The second-order valence-electron chi connectivity index (χ2n) is 19.6. The molecule has 0 radical (unpaired) electrons. The van der Waals surface area contributed by atoms with Crippen LogP contribution >= 0.6 is 12.6 Å². The third-order valence-corrected chi connectivity index (χ3v) is 17.6. The van der Waals surface area contributed by atoms with E-state index in [0.29, 0.717) is 4.90 Å². The van der Waals surface area contributed by atoms with Crippen LogP contribution in [0.2, 0.25) is 0 Å². The molecule has 0 bridgehead atoms. The van der Waals surface area contributed by atoms with E-state index in [4.69, 9.17) is 6.11 Å².